The highest BCUT2D eigenvalue weighted by Gasteiger charge is 2.35. The smallest absolute Gasteiger partial charge is 0.293 e. The van der Waals surface area contributed by atoms with Crippen molar-refractivity contribution in [1.82, 2.24) is 5.32 Å². The Hall–Kier alpha value is -2.77. The van der Waals surface area contributed by atoms with Crippen LogP contribution in [0.2, 0.25) is 5.02 Å². The number of para-hydroxylation sites is 2. The van der Waals surface area contributed by atoms with Gasteiger partial charge in [0.05, 0.1) is 4.92 Å². The summed E-state index contributed by atoms with van der Waals surface area (Å²) in [6, 6.07) is 12.9. The maximum absolute atomic E-state index is 12.6. The van der Waals surface area contributed by atoms with E-state index in [1.807, 2.05) is 0 Å². The fraction of sp³-hybridized carbons (Fsp3) is 0. The first-order valence-electron chi connectivity index (χ1n) is 6.84. The predicted octanol–water partition coefficient (Wildman–Crippen LogP) is 3.51. The lowest BCUT2D eigenvalue weighted by molar-refractivity contribution is -0.384. The van der Waals surface area contributed by atoms with Crippen molar-refractivity contribution in [2.45, 2.75) is 0 Å². The lowest BCUT2D eigenvalue weighted by atomic mass is 10.2. The molecule has 1 aliphatic rings. The zero-order chi connectivity index (χ0) is 17.3. The van der Waals surface area contributed by atoms with Gasteiger partial charge in [-0.15, -0.1) is 0 Å². The minimum Gasteiger partial charge on any atom is -0.327 e. The molecule has 0 saturated carbocycles. The summed E-state index contributed by atoms with van der Waals surface area (Å²) in [4.78, 5) is 24.4. The number of anilines is 1. The number of hydrogen-bond donors (Lipinski definition) is 1. The second-order valence-electron chi connectivity index (χ2n) is 4.90. The minimum atomic E-state index is -0.555. The molecule has 1 heterocycles. The molecule has 3 rings (SSSR count). The average Bonchev–Trinajstić information content (AvgIpc) is 2.83. The monoisotopic (exact) mass is 359 g/mol. The molecule has 0 spiro atoms. The Morgan fingerprint density at radius 1 is 1.17 bits per heavy atom. The molecule has 120 valence electrons. The van der Waals surface area contributed by atoms with Crippen molar-refractivity contribution in [2.24, 2.45) is 0 Å². The first-order chi connectivity index (χ1) is 11.5. The molecule has 2 aromatic rings. The van der Waals surface area contributed by atoms with Crippen molar-refractivity contribution in [3.63, 3.8) is 0 Å². The Balaban J connectivity index is 2.02. The van der Waals surface area contributed by atoms with Crippen LogP contribution in [0.5, 0.6) is 0 Å². The van der Waals surface area contributed by atoms with Crippen LogP contribution in [0.3, 0.4) is 0 Å². The molecule has 1 aliphatic heterocycles. The molecule has 1 amide bonds. The molecule has 0 unspecified atom stereocenters. The molecule has 0 aromatic heterocycles. The van der Waals surface area contributed by atoms with E-state index in [9.17, 15) is 14.9 Å². The first kappa shape index (κ1) is 16.1. The Morgan fingerprint density at radius 2 is 1.83 bits per heavy atom. The van der Waals surface area contributed by atoms with E-state index in [1.54, 1.807) is 36.4 Å². The quantitative estimate of drug-likeness (QED) is 0.393. The Labute approximate surface area is 147 Å². The van der Waals surface area contributed by atoms with Crippen LogP contribution in [0.15, 0.2) is 54.2 Å². The molecule has 2 aromatic carbocycles. The molecule has 8 heteroatoms. The standard InChI is InChI=1S/C16H10ClN3O3S/c17-11-6-2-1-5-10(11)9-12-15(21)19(16(24)18-12)13-7-3-4-8-14(13)20(22)23/h1-9H,(H,18,24)/b12-9-. The van der Waals surface area contributed by atoms with Crippen LogP contribution < -0.4 is 10.2 Å². The van der Waals surface area contributed by atoms with Gasteiger partial charge < -0.3 is 5.32 Å². The molecule has 0 bridgehead atoms. The van der Waals surface area contributed by atoms with E-state index in [-0.39, 0.29) is 22.2 Å². The van der Waals surface area contributed by atoms with Crippen molar-refractivity contribution in [3.05, 3.63) is 74.9 Å². The van der Waals surface area contributed by atoms with E-state index in [4.69, 9.17) is 23.8 Å². The fourth-order valence-corrected chi connectivity index (χ4v) is 2.79. The first-order valence-corrected chi connectivity index (χ1v) is 7.63. The Bertz CT molecular complexity index is 898. The number of thiocarbonyl (C=S) groups is 1. The van der Waals surface area contributed by atoms with Gasteiger partial charge in [0.2, 0.25) is 0 Å². The van der Waals surface area contributed by atoms with Gasteiger partial charge >= 0.3 is 0 Å². The number of rotatable bonds is 3. The minimum absolute atomic E-state index is 0.0765. The van der Waals surface area contributed by atoms with E-state index in [1.165, 1.54) is 18.2 Å². The van der Waals surface area contributed by atoms with Crippen molar-refractivity contribution in [3.8, 4) is 0 Å². The highest BCUT2D eigenvalue weighted by atomic mass is 35.5. The number of carbonyl (C=O) groups is 1. The summed E-state index contributed by atoms with van der Waals surface area (Å²) < 4.78 is 0. The van der Waals surface area contributed by atoms with Gasteiger partial charge in [-0.05, 0) is 36.0 Å². The number of nitrogens with one attached hydrogen (secondary N) is 1. The molecular weight excluding hydrogens is 350 g/mol. The molecule has 1 fully saturated rings. The summed E-state index contributed by atoms with van der Waals surface area (Å²) in [5, 5.41) is 14.5. The largest absolute Gasteiger partial charge is 0.327 e. The van der Waals surface area contributed by atoms with Gasteiger partial charge in [-0.1, -0.05) is 41.9 Å². The summed E-state index contributed by atoms with van der Waals surface area (Å²) in [5.41, 5.74) is 0.759. The molecule has 0 aliphatic carbocycles. The van der Waals surface area contributed by atoms with Crippen LogP contribution >= 0.6 is 23.8 Å². The van der Waals surface area contributed by atoms with E-state index in [0.29, 0.717) is 10.6 Å². The second kappa shape index (κ2) is 6.38. The van der Waals surface area contributed by atoms with Crippen LogP contribution in [-0.2, 0) is 4.79 Å². The number of nitro groups is 1. The molecule has 0 atom stereocenters. The lowest BCUT2D eigenvalue weighted by Gasteiger charge is -2.13. The number of hydrogen-bond acceptors (Lipinski definition) is 4. The topological polar surface area (TPSA) is 75.5 Å². The molecule has 6 nitrogen and oxygen atoms in total. The highest BCUT2D eigenvalue weighted by Crippen LogP contribution is 2.31. The molecule has 0 radical (unpaired) electrons. The zero-order valence-electron chi connectivity index (χ0n) is 12.1. The van der Waals surface area contributed by atoms with Crippen molar-refractivity contribution < 1.29 is 9.72 Å². The highest BCUT2D eigenvalue weighted by molar-refractivity contribution is 7.80. The van der Waals surface area contributed by atoms with Crippen molar-refractivity contribution in [1.29, 1.82) is 0 Å². The number of halogens is 1. The van der Waals surface area contributed by atoms with Crippen LogP contribution in [0.25, 0.3) is 6.08 Å². The van der Waals surface area contributed by atoms with Gasteiger partial charge in [0, 0.05) is 11.1 Å². The van der Waals surface area contributed by atoms with E-state index in [2.05, 4.69) is 5.32 Å². The van der Waals surface area contributed by atoms with Gasteiger partial charge in [-0.3, -0.25) is 14.9 Å². The van der Waals surface area contributed by atoms with Crippen LogP contribution in [0.1, 0.15) is 5.56 Å². The average molecular weight is 360 g/mol. The maximum atomic E-state index is 12.6. The van der Waals surface area contributed by atoms with Crippen molar-refractivity contribution >= 4 is 52.3 Å². The third-order valence-corrected chi connectivity index (χ3v) is 4.03. The Kier molecular flexibility index (Phi) is 4.28. The van der Waals surface area contributed by atoms with Gasteiger partial charge in [0.25, 0.3) is 11.6 Å². The predicted molar refractivity (Wildman–Crippen MR) is 95.7 cm³/mol. The number of nitrogens with zero attached hydrogens (tertiary/aromatic N) is 2. The van der Waals surface area contributed by atoms with Gasteiger partial charge in [0.15, 0.2) is 5.11 Å². The zero-order valence-corrected chi connectivity index (χ0v) is 13.7. The second-order valence-corrected chi connectivity index (χ2v) is 5.69. The lowest BCUT2D eigenvalue weighted by Crippen LogP contribution is -2.30. The normalized spacial score (nSPS) is 15.7. The summed E-state index contributed by atoms with van der Waals surface area (Å²) in [5.74, 6) is -0.478. The van der Waals surface area contributed by atoms with E-state index < -0.39 is 10.8 Å². The summed E-state index contributed by atoms with van der Waals surface area (Å²) in [6.45, 7) is 0. The molecular formula is C16H10ClN3O3S. The van der Waals surface area contributed by atoms with E-state index in [0.717, 1.165) is 4.90 Å². The fourth-order valence-electron chi connectivity index (χ4n) is 2.31. The van der Waals surface area contributed by atoms with E-state index >= 15 is 0 Å². The van der Waals surface area contributed by atoms with Crippen LogP contribution in [-0.4, -0.2) is 15.9 Å². The molecule has 24 heavy (non-hydrogen) atoms. The van der Waals surface area contributed by atoms with Crippen LogP contribution in [0.4, 0.5) is 11.4 Å². The molecule has 1 saturated heterocycles. The SMILES string of the molecule is O=C1/C(=C/c2ccccc2Cl)NC(=S)N1c1ccccc1[N+](=O)[O-]. The van der Waals surface area contributed by atoms with Gasteiger partial charge in [-0.2, -0.15) is 0 Å². The Morgan fingerprint density at radius 3 is 2.54 bits per heavy atom. The number of nitro benzene ring substituents is 1. The summed E-state index contributed by atoms with van der Waals surface area (Å²) in [7, 11) is 0. The number of amides is 1. The van der Waals surface area contributed by atoms with Gasteiger partial charge in [0.1, 0.15) is 11.4 Å². The number of benzene rings is 2. The third-order valence-electron chi connectivity index (χ3n) is 3.40. The van der Waals surface area contributed by atoms with Gasteiger partial charge in [-0.25, -0.2) is 4.90 Å². The maximum Gasteiger partial charge on any atom is 0.293 e. The third kappa shape index (κ3) is 2.86. The van der Waals surface area contributed by atoms with Crippen LogP contribution in [0, 0.1) is 10.1 Å². The molecule has 1 N–H and O–H groups in total. The summed E-state index contributed by atoms with van der Waals surface area (Å²) in [6.07, 6.45) is 1.56. The summed E-state index contributed by atoms with van der Waals surface area (Å²) >= 11 is 11.3. The van der Waals surface area contributed by atoms with Crippen molar-refractivity contribution in [2.75, 3.05) is 4.90 Å². The number of carbonyl (C=O) groups excluding carboxylic acids is 1.